The first-order valence-electron chi connectivity index (χ1n) is 6.22. The van der Waals surface area contributed by atoms with Crippen molar-refractivity contribution in [3.8, 4) is 0 Å². The minimum absolute atomic E-state index is 0.913. The highest BCUT2D eigenvalue weighted by Gasteiger charge is 2.02. The third-order valence-corrected chi connectivity index (χ3v) is 2.52. The second-order valence-corrected chi connectivity index (χ2v) is 4.08. The van der Waals surface area contributed by atoms with E-state index in [4.69, 9.17) is 4.74 Å². The maximum Gasteiger partial charge on any atom is 0.0594 e. The molecule has 1 saturated heterocycles. The van der Waals surface area contributed by atoms with Gasteiger partial charge in [-0.2, -0.15) is 0 Å². The molecule has 1 heterocycles. The van der Waals surface area contributed by atoms with Crippen LogP contribution in [0.3, 0.4) is 0 Å². The fourth-order valence-corrected chi connectivity index (χ4v) is 1.38. The highest BCUT2D eigenvalue weighted by molar-refractivity contribution is 4.53. The second-order valence-electron chi connectivity index (χ2n) is 4.08. The number of nitrogens with zero attached hydrogens (tertiary/aromatic N) is 1. The average molecular weight is 216 g/mol. The molecular weight excluding hydrogens is 188 g/mol. The van der Waals surface area contributed by atoms with Gasteiger partial charge in [0.15, 0.2) is 0 Å². The van der Waals surface area contributed by atoms with Gasteiger partial charge in [0.25, 0.3) is 0 Å². The van der Waals surface area contributed by atoms with E-state index in [-0.39, 0.29) is 0 Å². The molecule has 1 aliphatic rings. The lowest BCUT2D eigenvalue weighted by Gasteiger charge is -2.21. The van der Waals surface area contributed by atoms with Gasteiger partial charge in [-0.25, -0.2) is 0 Å². The van der Waals surface area contributed by atoms with E-state index in [1.165, 1.54) is 32.2 Å². The zero-order chi connectivity index (χ0) is 11.4. The minimum Gasteiger partial charge on any atom is -0.379 e. The molecule has 0 unspecified atom stereocenters. The molecule has 0 amide bonds. The Morgan fingerprint density at radius 3 is 2.20 bits per heavy atom. The van der Waals surface area contributed by atoms with Gasteiger partial charge in [-0.15, -0.1) is 0 Å². The normalized spacial score (nSPS) is 17.0. The molecule has 3 heteroatoms. The van der Waals surface area contributed by atoms with Gasteiger partial charge in [0.05, 0.1) is 13.2 Å². The van der Waals surface area contributed by atoms with Crippen LogP contribution in [0.1, 0.15) is 32.6 Å². The number of likely N-dealkylation sites (N-methyl/N-ethyl adjacent to an activating group) is 1. The van der Waals surface area contributed by atoms with Crippen molar-refractivity contribution >= 4 is 0 Å². The summed E-state index contributed by atoms with van der Waals surface area (Å²) >= 11 is 0. The molecule has 1 N–H and O–H groups in total. The van der Waals surface area contributed by atoms with Gasteiger partial charge >= 0.3 is 0 Å². The second kappa shape index (κ2) is 12.0. The summed E-state index contributed by atoms with van der Waals surface area (Å²) in [6.45, 7) is 7.44. The number of nitrogens with one attached hydrogen (secondary N) is 1. The Morgan fingerprint density at radius 1 is 1.13 bits per heavy atom. The zero-order valence-electron chi connectivity index (χ0n) is 10.7. The fraction of sp³-hybridized carbons (Fsp3) is 1.00. The van der Waals surface area contributed by atoms with Crippen LogP contribution in [-0.4, -0.2) is 51.8 Å². The molecule has 0 aromatic rings. The van der Waals surface area contributed by atoms with E-state index in [0.717, 1.165) is 26.3 Å². The Balaban J connectivity index is 0.000000262. The Morgan fingerprint density at radius 2 is 1.80 bits per heavy atom. The molecule has 0 bridgehead atoms. The van der Waals surface area contributed by atoms with Crippen molar-refractivity contribution in [2.45, 2.75) is 32.6 Å². The van der Waals surface area contributed by atoms with E-state index < -0.39 is 0 Å². The summed E-state index contributed by atoms with van der Waals surface area (Å²) in [5, 5.41) is 3.13. The topological polar surface area (TPSA) is 24.5 Å². The van der Waals surface area contributed by atoms with Crippen molar-refractivity contribution < 1.29 is 4.74 Å². The Labute approximate surface area is 95.2 Å². The Kier molecular flexibility index (Phi) is 11.9. The van der Waals surface area contributed by atoms with Crippen LogP contribution in [0.5, 0.6) is 0 Å². The monoisotopic (exact) mass is 216 g/mol. The van der Waals surface area contributed by atoms with Gasteiger partial charge < -0.3 is 15.0 Å². The van der Waals surface area contributed by atoms with Crippen LogP contribution in [0.2, 0.25) is 0 Å². The zero-order valence-corrected chi connectivity index (χ0v) is 10.7. The number of unbranched alkanes of at least 4 members (excludes halogenated alkanes) is 3. The molecule has 3 nitrogen and oxygen atoms in total. The van der Waals surface area contributed by atoms with Crippen LogP contribution >= 0.6 is 0 Å². The number of hydrogen-bond acceptors (Lipinski definition) is 3. The molecule has 0 saturated carbocycles. The smallest absolute Gasteiger partial charge is 0.0594 e. The van der Waals surface area contributed by atoms with Crippen LogP contribution in [0, 0.1) is 0 Å². The number of ether oxygens (including phenoxy) is 1. The molecule has 92 valence electrons. The lowest BCUT2D eigenvalue weighted by atomic mass is 10.2. The summed E-state index contributed by atoms with van der Waals surface area (Å²) in [4.78, 5) is 2.27. The molecule has 0 aromatic carbocycles. The lowest BCUT2D eigenvalue weighted by Crippen LogP contribution is -2.32. The van der Waals surface area contributed by atoms with Gasteiger partial charge in [-0.1, -0.05) is 26.2 Å². The van der Waals surface area contributed by atoms with Gasteiger partial charge in [0.1, 0.15) is 0 Å². The molecule has 0 radical (unpaired) electrons. The standard InChI is InChI=1S/C7H17N.C5H11NO/c1-3-4-5-6-7-8-2;1-6-2-4-7-5-3-6/h8H,3-7H2,1-2H3;2-5H2,1H3. The average Bonchev–Trinajstić information content (AvgIpc) is 2.27. The first-order chi connectivity index (χ1) is 7.31. The third kappa shape index (κ3) is 11.8. The van der Waals surface area contributed by atoms with E-state index in [9.17, 15) is 0 Å². The number of morpholine rings is 1. The van der Waals surface area contributed by atoms with Crippen molar-refractivity contribution in [1.29, 1.82) is 0 Å². The number of hydrogen-bond donors (Lipinski definition) is 1. The fourth-order valence-electron chi connectivity index (χ4n) is 1.38. The first kappa shape index (κ1) is 14.9. The van der Waals surface area contributed by atoms with Crippen LogP contribution in [-0.2, 0) is 4.74 Å². The van der Waals surface area contributed by atoms with Crippen LogP contribution < -0.4 is 5.32 Å². The van der Waals surface area contributed by atoms with E-state index >= 15 is 0 Å². The van der Waals surface area contributed by atoms with E-state index in [1.54, 1.807) is 0 Å². The van der Waals surface area contributed by atoms with Gasteiger partial charge in [-0.3, -0.25) is 0 Å². The summed E-state index contributed by atoms with van der Waals surface area (Å²) < 4.78 is 5.10. The van der Waals surface area contributed by atoms with Crippen molar-refractivity contribution in [1.82, 2.24) is 10.2 Å². The first-order valence-corrected chi connectivity index (χ1v) is 6.22. The third-order valence-electron chi connectivity index (χ3n) is 2.52. The number of rotatable bonds is 5. The Bertz CT molecular complexity index is 108. The maximum absolute atomic E-state index is 5.10. The van der Waals surface area contributed by atoms with Gasteiger partial charge in [0.2, 0.25) is 0 Å². The largest absolute Gasteiger partial charge is 0.379 e. The Hall–Kier alpha value is -0.120. The van der Waals surface area contributed by atoms with E-state index in [1.807, 2.05) is 7.05 Å². The molecule has 1 rings (SSSR count). The van der Waals surface area contributed by atoms with E-state index in [2.05, 4.69) is 24.2 Å². The summed E-state index contributed by atoms with van der Waals surface area (Å²) in [5.74, 6) is 0. The molecule has 0 aliphatic carbocycles. The molecule has 1 fully saturated rings. The van der Waals surface area contributed by atoms with Crippen LogP contribution in [0.15, 0.2) is 0 Å². The highest BCUT2D eigenvalue weighted by Crippen LogP contribution is 1.96. The molecular formula is C12H28N2O. The minimum atomic E-state index is 0.913. The predicted molar refractivity (Wildman–Crippen MR) is 66.4 cm³/mol. The summed E-state index contributed by atoms with van der Waals surface area (Å²) in [7, 11) is 4.12. The molecule has 1 aliphatic heterocycles. The summed E-state index contributed by atoms with van der Waals surface area (Å²) in [6, 6.07) is 0. The molecule has 0 aromatic heterocycles. The molecule has 0 spiro atoms. The van der Waals surface area contributed by atoms with Crippen molar-refractivity contribution in [2.75, 3.05) is 46.9 Å². The molecule has 0 atom stereocenters. The quantitative estimate of drug-likeness (QED) is 0.708. The predicted octanol–water partition coefficient (Wildman–Crippen LogP) is 1.73. The molecule has 15 heavy (non-hydrogen) atoms. The lowest BCUT2D eigenvalue weighted by molar-refractivity contribution is 0.0503. The van der Waals surface area contributed by atoms with Crippen LogP contribution in [0.4, 0.5) is 0 Å². The van der Waals surface area contributed by atoms with Gasteiger partial charge in [-0.05, 0) is 27.1 Å². The van der Waals surface area contributed by atoms with Crippen molar-refractivity contribution in [3.05, 3.63) is 0 Å². The summed E-state index contributed by atoms with van der Waals surface area (Å²) in [6.07, 6.45) is 5.45. The van der Waals surface area contributed by atoms with E-state index in [0.29, 0.717) is 0 Å². The SMILES string of the molecule is CCCCCCNC.CN1CCOCC1. The van der Waals surface area contributed by atoms with Crippen molar-refractivity contribution in [3.63, 3.8) is 0 Å². The van der Waals surface area contributed by atoms with Gasteiger partial charge in [0, 0.05) is 13.1 Å². The maximum atomic E-state index is 5.10. The highest BCUT2D eigenvalue weighted by atomic mass is 16.5. The summed E-state index contributed by atoms with van der Waals surface area (Å²) in [5.41, 5.74) is 0. The van der Waals surface area contributed by atoms with Crippen LogP contribution in [0.25, 0.3) is 0 Å². The van der Waals surface area contributed by atoms with Crippen molar-refractivity contribution in [2.24, 2.45) is 0 Å².